The van der Waals surface area contributed by atoms with E-state index < -0.39 is 5.54 Å². The highest BCUT2D eigenvalue weighted by Gasteiger charge is 2.36. The zero-order valence-corrected chi connectivity index (χ0v) is 16.5. The van der Waals surface area contributed by atoms with E-state index in [-0.39, 0.29) is 42.2 Å². The number of rotatable bonds is 3. The number of amides is 1. The van der Waals surface area contributed by atoms with Crippen LogP contribution in [0.2, 0.25) is 0 Å². The average Bonchev–Trinajstić information content (AvgIpc) is 2.89. The number of halogens is 2. The first kappa shape index (κ1) is 22.6. The smallest absolute Gasteiger partial charge is 0.240 e. The summed E-state index contributed by atoms with van der Waals surface area (Å²) in [5.74, 6) is -0.106. The van der Waals surface area contributed by atoms with E-state index >= 15 is 0 Å². The van der Waals surface area contributed by atoms with Gasteiger partial charge in [-0.15, -0.1) is 36.2 Å². The van der Waals surface area contributed by atoms with Gasteiger partial charge in [0.1, 0.15) is 5.01 Å². The lowest BCUT2D eigenvalue weighted by atomic mass is 9.90. The quantitative estimate of drug-likeness (QED) is 0.840. The van der Waals surface area contributed by atoms with Gasteiger partial charge in [0, 0.05) is 24.0 Å². The summed E-state index contributed by atoms with van der Waals surface area (Å²) >= 11 is 1.58. The van der Waals surface area contributed by atoms with Crippen LogP contribution in [0.3, 0.4) is 0 Å². The van der Waals surface area contributed by atoms with E-state index in [4.69, 9.17) is 10.5 Å². The Morgan fingerprint density at radius 1 is 1.39 bits per heavy atom. The van der Waals surface area contributed by atoms with Crippen LogP contribution in [0.1, 0.15) is 57.3 Å². The highest BCUT2D eigenvalue weighted by atomic mass is 35.5. The van der Waals surface area contributed by atoms with Gasteiger partial charge in [-0.05, 0) is 19.8 Å². The summed E-state index contributed by atoms with van der Waals surface area (Å²) in [5.41, 5.74) is 6.46. The predicted octanol–water partition coefficient (Wildman–Crippen LogP) is 2.97. The molecule has 1 atom stereocenters. The minimum Gasteiger partial charge on any atom is -0.381 e. The molecular formula is C15H27Cl2N3O2S. The number of carbonyl (C=O) groups is 1. The standard InChI is InChI=1S/C15H25N3O2S.2ClH/c1-10(12-18-11(9-21-12)14(2,3)4)17-13(19)15(16)5-7-20-8-6-15;;/h9-10H,5-8,16H2,1-4H3,(H,17,19);2*1H. The first-order valence-corrected chi connectivity index (χ1v) is 8.24. The summed E-state index contributed by atoms with van der Waals surface area (Å²) < 4.78 is 5.28. The highest BCUT2D eigenvalue weighted by Crippen LogP contribution is 2.27. The molecule has 1 amide bonds. The molecule has 2 heterocycles. The molecule has 0 saturated carbocycles. The van der Waals surface area contributed by atoms with Crippen LogP contribution in [-0.4, -0.2) is 29.6 Å². The zero-order valence-electron chi connectivity index (χ0n) is 14.0. The number of nitrogens with two attached hydrogens (primary N) is 1. The van der Waals surface area contributed by atoms with Crippen LogP contribution in [0.15, 0.2) is 5.38 Å². The summed E-state index contributed by atoms with van der Waals surface area (Å²) in [7, 11) is 0. The summed E-state index contributed by atoms with van der Waals surface area (Å²) in [5, 5.41) is 5.98. The second-order valence-electron chi connectivity index (χ2n) is 6.78. The molecule has 0 aliphatic carbocycles. The summed E-state index contributed by atoms with van der Waals surface area (Å²) in [6.07, 6.45) is 1.13. The minimum atomic E-state index is -0.809. The fourth-order valence-electron chi connectivity index (χ4n) is 2.20. The van der Waals surface area contributed by atoms with E-state index in [2.05, 4.69) is 36.5 Å². The third-order valence-electron chi connectivity index (χ3n) is 3.85. The SMILES string of the molecule is CC(NC(=O)C1(N)CCOCC1)c1nc(C(C)(C)C)cs1.Cl.Cl. The van der Waals surface area contributed by atoms with Crippen molar-refractivity contribution in [3.05, 3.63) is 16.1 Å². The topological polar surface area (TPSA) is 77.2 Å². The Kier molecular flexibility index (Phi) is 8.47. The van der Waals surface area contributed by atoms with Gasteiger partial charge < -0.3 is 15.8 Å². The number of aromatic nitrogens is 1. The lowest BCUT2D eigenvalue weighted by Gasteiger charge is -2.32. The maximum atomic E-state index is 12.4. The normalized spacial score (nSPS) is 18.3. The second kappa shape index (κ2) is 8.62. The third-order valence-corrected chi connectivity index (χ3v) is 4.87. The summed E-state index contributed by atoms with van der Waals surface area (Å²) in [4.78, 5) is 17.0. The van der Waals surface area contributed by atoms with Crippen LogP contribution in [-0.2, 0) is 14.9 Å². The number of hydrogen-bond donors (Lipinski definition) is 2. The van der Waals surface area contributed by atoms with Crippen LogP contribution in [0.25, 0.3) is 0 Å². The van der Waals surface area contributed by atoms with Gasteiger partial charge in [-0.25, -0.2) is 4.98 Å². The molecule has 0 radical (unpaired) electrons. The van der Waals surface area contributed by atoms with Gasteiger partial charge in [-0.2, -0.15) is 0 Å². The highest BCUT2D eigenvalue weighted by molar-refractivity contribution is 7.09. The van der Waals surface area contributed by atoms with Crippen molar-refractivity contribution in [3.63, 3.8) is 0 Å². The number of thiazole rings is 1. The lowest BCUT2D eigenvalue weighted by Crippen LogP contribution is -2.57. The van der Waals surface area contributed by atoms with Crippen molar-refractivity contribution in [1.82, 2.24) is 10.3 Å². The van der Waals surface area contributed by atoms with Crippen LogP contribution < -0.4 is 11.1 Å². The van der Waals surface area contributed by atoms with Crippen molar-refractivity contribution >= 4 is 42.1 Å². The molecular weight excluding hydrogens is 357 g/mol. The molecule has 23 heavy (non-hydrogen) atoms. The Balaban J connectivity index is 0.00000242. The summed E-state index contributed by atoms with van der Waals surface area (Å²) in [6, 6.07) is -0.123. The maximum absolute atomic E-state index is 12.4. The van der Waals surface area contributed by atoms with E-state index in [1.165, 1.54) is 0 Å². The molecule has 1 aromatic rings. The van der Waals surface area contributed by atoms with E-state index in [1.54, 1.807) is 11.3 Å². The van der Waals surface area contributed by atoms with E-state index in [0.29, 0.717) is 26.1 Å². The number of carbonyl (C=O) groups excluding carboxylic acids is 1. The number of hydrogen-bond acceptors (Lipinski definition) is 5. The molecule has 1 saturated heterocycles. The van der Waals surface area contributed by atoms with Gasteiger partial charge in [0.25, 0.3) is 0 Å². The summed E-state index contributed by atoms with van der Waals surface area (Å²) in [6.45, 7) is 9.43. The van der Waals surface area contributed by atoms with Gasteiger partial charge >= 0.3 is 0 Å². The van der Waals surface area contributed by atoms with Gasteiger partial charge in [-0.3, -0.25) is 4.79 Å². The van der Waals surface area contributed by atoms with Crippen molar-refractivity contribution in [2.75, 3.05) is 13.2 Å². The van der Waals surface area contributed by atoms with Crippen LogP contribution in [0.5, 0.6) is 0 Å². The molecule has 5 nitrogen and oxygen atoms in total. The molecule has 1 fully saturated rings. The molecule has 1 aromatic heterocycles. The van der Waals surface area contributed by atoms with Crippen molar-refractivity contribution in [1.29, 1.82) is 0 Å². The van der Waals surface area contributed by atoms with Crippen molar-refractivity contribution in [2.45, 2.75) is 57.5 Å². The first-order chi connectivity index (χ1) is 9.72. The Labute approximate surface area is 154 Å². The lowest BCUT2D eigenvalue weighted by molar-refractivity contribution is -0.130. The molecule has 2 rings (SSSR count). The molecule has 3 N–H and O–H groups in total. The van der Waals surface area contributed by atoms with E-state index in [9.17, 15) is 4.79 Å². The maximum Gasteiger partial charge on any atom is 0.240 e. The second-order valence-corrected chi connectivity index (χ2v) is 7.67. The monoisotopic (exact) mass is 383 g/mol. The zero-order chi connectivity index (χ0) is 15.7. The molecule has 8 heteroatoms. The molecule has 1 aliphatic rings. The first-order valence-electron chi connectivity index (χ1n) is 7.36. The Morgan fingerprint density at radius 2 is 1.96 bits per heavy atom. The van der Waals surface area contributed by atoms with Gasteiger partial charge in [-0.1, -0.05) is 20.8 Å². The number of ether oxygens (including phenoxy) is 1. The molecule has 1 aliphatic heterocycles. The van der Waals surface area contributed by atoms with Crippen molar-refractivity contribution < 1.29 is 9.53 Å². The van der Waals surface area contributed by atoms with Crippen molar-refractivity contribution in [3.8, 4) is 0 Å². The van der Waals surface area contributed by atoms with Crippen LogP contribution in [0, 0.1) is 0 Å². The predicted molar refractivity (Wildman–Crippen MR) is 98.8 cm³/mol. The largest absolute Gasteiger partial charge is 0.381 e. The molecule has 0 bridgehead atoms. The fraction of sp³-hybridized carbons (Fsp3) is 0.733. The Bertz CT molecular complexity index is 511. The molecule has 0 spiro atoms. The third kappa shape index (κ3) is 5.57. The van der Waals surface area contributed by atoms with E-state index in [1.807, 2.05) is 6.92 Å². The molecule has 134 valence electrons. The fourth-order valence-corrected chi connectivity index (χ4v) is 3.25. The molecule has 1 unspecified atom stereocenters. The van der Waals surface area contributed by atoms with Gasteiger partial charge in [0.15, 0.2) is 0 Å². The Hall–Kier alpha value is -0.400. The van der Waals surface area contributed by atoms with Gasteiger partial charge in [0.2, 0.25) is 5.91 Å². The number of nitrogens with zero attached hydrogens (tertiary/aromatic N) is 1. The van der Waals surface area contributed by atoms with E-state index in [0.717, 1.165) is 10.7 Å². The minimum absolute atomic E-state index is 0. The Morgan fingerprint density at radius 3 is 2.43 bits per heavy atom. The number of nitrogens with one attached hydrogen (secondary N) is 1. The average molecular weight is 384 g/mol. The molecule has 0 aromatic carbocycles. The van der Waals surface area contributed by atoms with Crippen molar-refractivity contribution in [2.24, 2.45) is 5.73 Å². The van der Waals surface area contributed by atoms with Gasteiger partial charge in [0.05, 0.1) is 17.3 Å². The van der Waals surface area contributed by atoms with Crippen LogP contribution >= 0.6 is 36.2 Å². The van der Waals surface area contributed by atoms with Crippen LogP contribution in [0.4, 0.5) is 0 Å².